The third-order valence-corrected chi connectivity index (χ3v) is 6.75. The summed E-state index contributed by atoms with van der Waals surface area (Å²) in [7, 11) is -3.55. The van der Waals surface area contributed by atoms with Crippen LogP contribution in [0.5, 0.6) is 0 Å². The second kappa shape index (κ2) is 9.50. The van der Waals surface area contributed by atoms with Crippen LogP contribution < -0.4 is 4.72 Å². The van der Waals surface area contributed by atoms with E-state index in [1.807, 2.05) is 11.8 Å². The Kier molecular flexibility index (Phi) is 7.03. The zero-order valence-electron chi connectivity index (χ0n) is 16.6. The summed E-state index contributed by atoms with van der Waals surface area (Å²) in [4.78, 5) is 14.6. The number of likely N-dealkylation sites (tertiary alicyclic amines) is 1. The van der Waals surface area contributed by atoms with Crippen LogP contribution in [0.2, 0.25) is 0 Å². The van der Waals surface area contributed by atoms with Gasteiger partial charge in [0.25, 0.3) is 0 Å². The van der Waals surface area contributed by atoms with Gasteiger partial charge in [0.1, 0.15) is 5.82 Å². The Morgan fingerprint density at radius 1 is 1.14 bits per heavy atom. The monoisotopic (exact) mass is 418 g/mol. The summed E-state index contributed by atoms with van der Waals surface area (Å²) in [6.07, 6.45) is 2.69. The molecule has 1 amide bonds. The van der Waals surface area contributed by atoms with E-state index < -0.39 is 10.0 Å². The third kappa shape index (κ3) is 6.11. The Bertz CT molecular complexity index is 928. The van der Waals surface area contributed by atoms with Crippen LogP contribution >= 0.6 is 0 Å². The minimum absolute atomic E-state index is 0.0559. The van der Waals surface area contributed by atoms with Crippen LogP contribution in [0.1, 0.15) is 30.4 Å². The molecule has 0 aromatic heterocycles. The molecule has 1 fully saturated rings. The normalized spacial score (nSPS) is 17.3. The second-order valence-electron chi connectivity index (χ2n) is 7.64. The Balaban J connectivity index is 1.50. The molecule has 29 heavy (non-hydrogen) atoms. The van der Waals surface area contributed by atoms with Gasteiger partial charge in [-0.2, -0.15) is 0 Å². The third-order valence-electron chi connectivity index (χ3n) is 5.31. The van der Waals surface area contributed by atoms with Gasteiger partial charge in [0.05, 0.1) is 4.90 Å². The average molecular weight is 419 g/mol. The SMILES string of the molecule is Cc1ccc(S(=O)(=O)NCC2CCCN(C(=O)CCc3ccc(F)cc3)C2)cc1. The fourth-order valence-corrected chi connectivity index (χ4v) is 4.66. The zero-order chi connectivity index (χ0) is 20.9. The summed E-state index contributed by atoms with van der Waals surface area (Å²) < 4.78 is 40.6. The number of aryl methyl sites for hydroxylation is 2. The summed E-state index contributed by atoms with van der Waals surface area (Å²) in [5, 5.41) is 0. The molecular weight excluding hydrogens is 391 g/mol. The molecule has 1 unspecified atom stereocenters. The van der Waals surface area contributed by atoms with E-state index in [1.54, 1.807) is 36.4 Å². The molecule has 0 spiro atoms. The number of nitrogens with zero attached hydrogens (tertiary/aromatic N) is 1. The molecule has 0 aliphatic carbocycles. The molecule has 1 aliphatic heterocycles. The van der Waals surface area contributed by atoms with Crippen LogP contribution in [0.4, 0.5) is 4.39 Å². The molecule has 0 saturated carbocycles. The first-order valence-corrected chi connectivity index (χ1v) is 11.4. The van der Waals surface area contributed by atoms with E-state index in [-0.39, 0.29) is 22.5 Å². The van der Waals surface area contributed by atoms with Crippen molar-refractivity contribution < 1.29 is 17.6 Å². The standard InChI is InChI=1S/C22H27FN2O3S/c1-17-4-11-21(12-5-17)29(27,28)24-15-19-3-2-14-25(16-19)22(26)13-8-18-6-9-20(23)10-7-18/h4-7,9-12,19,24H,2-3,8,13-16H2,1H3. The fraction of sp³-hybridized carbons (Fsp3) is 0.409. The van der Waals surface area contributed by atoms with Crippen molar-refractivity contribution in [3.63, 3.8) is 0 Å². The highest BCUT2D eigenvalue weighted by atomic mass is 32.2. The van der Waals surface area contributed by atoms with Crippen molar-refractivity contribution in [3.8, 4) is 0 Å². The second-order valence-corrected chi connectivity index (χ2v) is 9.41. The van der Waals surface area contributed by atoms with Crippen molar-refractivity contribution in [3.05, 3.63) is 65.5 Å². The molecule has 1 aliphatic rings. The Morgan fingerprint density at radius 2 is 1.83 bits per heavy atom. The molecule has 0 radical (unpaired) electrons. The van der Waals surface area contributed by atoms with Gasteiger partial charge in [-0.1, -0.05) is 29.8 Å². The number of benzene rings is 2. The smallest absolute Gasteiger partial charge is 0.240 e. The Morgan fingerprint density at radius 3 is 2.52 bits per heavy atom. The van der Waals surface area contributed by atoms with Gasteiger partial charge in [-0.3, -0.25) is 4.79 Å². The van der Waals surface area contributed by atoms with E-state index in [4.69, 9.17) is 0 Å². The number of sulfonamides is 1. The first-order valence-electron chi connectivity index (χ1n) is 9.92. The van der Waals surface area contributed by atoms with Gasteiger partial charge in [0, 0.05) is 26.1 Å². The molecule has 2 aromatic carbocycles. The van der Waals surface area contributed by atoms with Gasteiger partial charge in [-0.15, -0.1) is 0 Å². The van der Waals surface area contributed by atoms with Crippen molar-refractivity contribution in [1.82, 2.24) is 9.62 Å². The van der Waals surface area contributed by atoms with Crippen LogP contribution in [0, 0.1) is 18.7 Å². The van der Waals surface area contributed by atoms with E-state index in [1.165, 1.54) is 12.1 Å². The molecule has 2 aromatic rings. The maximum Gasteiger partial charge on any atom is 0.240 e. The van der Waals surface area contributed by atoms with E-state index in [0.29, 0.717) is 32.5 Å². The average Bonchev–Trinajstić information content (AvgIpc) is 2.72. The lowest BCUT2D eigenvalue weighted by atomic mass is 9.97. The van der Waals surface area contributed by atoms with Crippen molar-refractivity contribution in [1.29, 1.82) is 0 Å². The van der Waals surface area contributed by atoms with Crippen molar-refractivity contribution in [2.24, 2.45) is 5.92 Å². The van der Waals surface area contributed by atoms with Crippen molar-refractivity contribution in [2.75, 3.05) is 19.6 Å². The summed E-state index contributed by atoms with van der Waals surface area (Å²) in [6.45, 7) is 3.48. The number of hydrogen-bond acceptors (Lipinski definition) is 3. The number of halogens is 1. The molecule has 5 nitrogen and oxygen atoms in total. The highest BCUT2D eigenvalue weighted by Crippen LogP contribution is 2.19. The van der Waals surface area contributed by atoms with Crippen LogP contribution in [-0.2, 0) is 21.2 Å². The number of nitrogens with one attached hydrogen (secondary N) is 1. The Hall–Kier alpha value is -2.25. The molecule has 1 heterocycles. The minimum Gasteiger partial charge on any atom is -0.342 e. The highest BCUT2D eigenvalue weighted by molar-refractivity contribution is 7.89. The van der Waals surface area contributed by atoms with Crippen LogP contribution in [0.15, 0.2) is 53.4 Å². The lowest BCUT2D eigenvalue weighted by Gasteiger charge is -2.33. The predicted molar refractivity (Wildman–Crippen MR) is 110 cm³/mol. The quantitative estimate of drug-likeness (QED) is 0.750. The number of piperidine rings is 1. The summed E-state index contributed by atoms with van der Waals surface area (Å²) in [5.41, 5.74) is 1.94. The fourth-order valence-electron chi connectivity index (χ4n) is 3.55. The highest BCUT2D eigenvalue weighted by Gasteiger charge is 2.25. The number of rotatable bonds is 7. The van der Waals surface area contributed by atoms with Gasteiger partial charge in [0.2, 0.25) is 15.9 Å². The largest absolute Gasteiger partial charge is 0.342 e. The topological polar surface area (TPSA) is 66.5 Å². The van der Waals surface area contributed by atoms with Crippen molar-refractivity contribution >= 4 is 15.9 Å². The van der Waals surface area contributed by atoms with Crippen molar-refractivity contribution in [2.45, 2.75) is 37.5 Å². The van der Waals surface area contributed by atoms with Gasteiger partial charge in [-0.05, 0) is 61.9 Å². The molecule has 1 N–H and O–H groups in total. The van der Waals surface area contributed by atoms with Crippen LogP contribution in [0.3, 0.4) is 0 Å². The minimum atomic E-state index is -3.55. The Labute approximate surface area is 172 Å². The van der Waals surface area contributed by atoms with Gasteiger partial charge in [-0.25, -0.2) is 17.5 Å². The molecule has 1 atom stereocenters. The van der Waals surface area contributed by atoms with Gasteiger partial charge < -0.3 is 4.90 Å². The summed E-state index contributed by atoms with van der Waals surface area (Å²) >= 11 is 0. The molecular formula is C22H27FN2O3S. The van der Waals surface area contributed by atoms with Crippen LogP contribution in [0.25, 0.3) is 0 Å². The van der Waals surface area contributed by atoms with E-state index >= 15 is 0 Å². The maximum atomic E-state index is 13.0. The summed E-state index contributed by atoms with van der Waals surface area (Å²) in [6, 6.07) is 12.9. The molecule has 3 rings (SSSR count). The van der Waals surface area contributed by atoms with E-state index in [9.17, 15) is 17.6 Å². The first kappa shape index (κ1) is 21.5. The maximum absolute atomic E-state index is 13.0. The number of amides is 1. The molecule has 0 bridgehead atoms. The number of carbonyl (C=O) groups excluding carboxylic acids is 1. The van der Waals surface area contributed by atoms with E-state index in [2.05, 4.69) is 4.72 Å². The lowest BCUT2D eigenvalue weighted by molar-refractivity contribution is -0.132. The zero-order valence-corrected chi connectivity index (χ0v) is 17.4. The van der Waals surface area contributed by atoms with E-state index in [0.717, 1.165) is 24.0 Å². The van der Waals surface area contributed by atoms with Gasteiger partial charge in [0.15, 0.2) is 0 Å². The predicted octanol–water partition coefficient (Wildman–Crippen LogP) is 3.28. The number of carbonyl (C=O) groups is 1. The summed E-state index contributed by atoms with van der Waals surface area (Å²) in [5.74, 6) is -0.133. The molecule has 156 valence electrons. The van der Waals surface area contributed by atoms with Crippen LogP contribution in [-0.4, -0.2) is 38.9 Å². The number of hydrogen-bond donors (Lipinski definition) is 1. The lowest BCUT2D eigenvalue weighted by Crippen LogP contribution is -2.43. The molecule has 1 saturated heterocycles. The first-order chi connectivity index (χ1) is 13.8. The van der Waals surface area contributed by atoms with Gasteiger partial charge >= 0.3 is 0 Å². The molecule has 7 heteroatoms.